The second-order valence-electron chi connectivity index (χ2n) is 9.98. The van der Waals surface area contributed by atoms with E-state index in [1.54, 1.807) is 35.1 Å². The summed E-state index contributed by atoms with van der Waals surface area (Å²) in [5.74, 6) is 0.283. The maximum Gasteiger partial charge on any atom is 0.175 e. The van der Waals surface area contributed by atoms with E-state index in [9.17, 15) is 13.2 Å². The second-order valence-corrected chi connectivity index (χ2v) is 12.0. The largest absolute Gasteiger partial charge is 0.308 e. The minimum atomic E-state index is -3.26. The van der Waals surface area contributed by atoms with Crippen LogP contribution in [0.3, 0.4) is 0 Å². The van der Waals surface area contributed by atoms with Crippen LogP contribution in [0.5, 0.6) is 0 Å². The van der Waals surface area contributed by atoms with Crippen LogP contribution >= 0.6 is 0 Å². The number of nitrogens with zero attached hydrogens (tertiary/aromatic N) is 5. The molecule has 0 unspecified atom stereocenters. The number of rotatable bonds is 7. The summed E-state index contributed by atoms with van der Waals surface area (Å²) < 4.78 is 25.1. The molecule has 9 nitrogen and oxygen atoms in total. The number of ketones is 1. The van der Waals surface area contributed by atoms with E-state index in [1.165, 1.54) is 12.6 Å². The number of hydrogen-bond acceptors (Lipinski definition) is 8. The number of sulfone groups is 1. The second kappa shape index (κ2) is 9.52. The molecular formula is C24H32N6O3S. The van der Waals surface area contributed by atoms with Crippen molar-refractivity contribution in [1.29, 1.82) is 0 Å². The van der Waals surface area contributed by atoms with Gasteiger partial charge in [-0.15, -0.1) is 0 Å². The lowest BCUT2D eigenvalue weighted by atomic mass is 9.90. The Balaban J connectivity index is 1.40. The molecule has 0 bridgehead atoms. The van der Waals surface area contributed by atoms with E-state index in [-0.39, 0.29) is 16.1 Å². The first-order valence-electron chi connectivity index (χ1n) is 11.5. The van der Waals surface area contributed by atoms with Gasteiger partial charge in [0, 0.05) is 37.3 Å². The van der Waals surface area contributed by atoms with Gasteiger partial charge in [-0.3, -0.25) is 9.69 Å². The Morgan fingerprint density at radius 2 is 1.79 bits per heavy atom. The molecule has 1 aliphatic heterocycles. The standard InChI is InChI=1S/C24H32N6O3S/c1-24(2,3)22(31)15-29-11-9-17(10-12-29)25-14-21-20-13-28-30(23(20)27-16-26-21)18-5-7-19(8-6-18)34(4,32)33/h5-8,13,16-17,25H,9-12,14-15H2,1-4H3. The van der Waals surface area contributed by atoms with E-state index in [4.69, 9.17) is 0 Å². The molecule has 0 aliphatic carbocycles. The summed E-state index contributed by atoms with van der Waals surface area (Å²) in [4.78, 5) is 23.7. The molecule has 4 rings (SSSR count). The zero-order valence-electron chi connectivity index (χ0n) is 20.2. The topological polar surface area (TPSA) is 110 Å². The van der Waals surface area contributed by atoms with E-state index in [1.807, 2.05) is 20.8 Å². The fourth-order valence-corrected chi connectivity index (χ4v) is 4.66. The molecule has 1 aliphatic rings. The van der Waals surface area contributed by atoms with Gasteiger partial charge in [0.05, 0.1) is 34.4 Å². The minimum absolute atomic E-state index is 0.265. The average Bonchev–Trinajstić information content (AvgIpc) is 3.22. The summed E-state index contributed by atoms with van der Waals surface area (Å²) in [5, 5.41) is 8.93. The van der Waals surface area contributed by atoms with E-state index < -0.39 is 9.84 Å². The first-order valence-corrected chi connectivity index (χ1v) is 13.4. The molecule has 1 fully saturated rings. The lowest BCUT2D eigenvalue weighted by molar-refractivity contribution is -0.127. The van der Waals surface area contributed by atoms with Crippen LogP contribution in [-0.2, 0) is 21.2 Å². The number of nitrogens with one attached hydrogen (secondary N) is 1. The summed E-state index contributed by atoms with van der Waals surface area (Å²) in [6.07, 6.45) is 6.43. The first kappa shape index (κ1) is 24.4. The molecule has 0 radical (unpaired) electrons. The minimum Gasteiger partial charge on any atom is -0.308 e. The van der Waals surface area contributed by atoms with Crippen LogP contribution in [0.25, 0.3) is 16.7 Å². The lowest BCUT2D eigenvalue weighted by Gasteiger charge is -2.33. The van der Waals surface area contributed by atoms with Gasteiger partial charge < -0.3 is 5.32 Å². The van der Waals surface area contributed by atoms with Crippen molar-refractivity contribution in [2.24, 2.45) is 5.41 Å². The normalized spacial score (nSPS) is 16.2. The smallest absolute Gasteiger partial charge is 0.175 e. The molecule has 3 heterocycles. The first-order chi connectivity index (χ1) is 16.0. The zero-order chi connectivity index (χ0) is 24.5. The van der Waals surface area contributed by atoms with Gasteiger partial charge >= 0.3 is 0 Å². The third kappa shape index (κ3) is 5.51. The number of aromatic nitrogens is 4. The highest BCUT2D eigenvalue weighted by atomic mass is 32.2. The summed E-state index contributed by atoms with van der Waals surface area (Å²) in [6.45, 7) is 8.84. The van der Waals surface area contributed by atoms with Gasteiger partial charge in [0.1, 0.15) is 6.33 Å². The molecular weight excluding hydrogens is 452 g/mol. The van der Waals surface area contributed by atoms with Crippen LogP contribution in [0.1, 0.15) is 39.3 Å². The van der Waals surface area contributed by atoms with Crippen LogP contribution in [0, 0.1) is 5.41 Å². The molecule has 2 aromatic heterocycles. The fraction of sp³-hybridized carbons (Fsp3) is 0.500. The van der Waals surface area contributed by atoms with Crippen LogP contribution < -0.4 is 5.32 Å². The number of fused-ring (bicyclic) bond motifs is 1. The van der Waals surface area contributed by atoms with Gasteiger partial charge in [-0.25, -0.2) is 23.1 Å². The fourth-order valence-electron chi connectivity index (χ4n) is 4.03. The number of carbonyl (C=O) groups excluding carboxylic acids is 1. The maximum atomic E-state index is 12.3. The molecule has 182 valence electrons. The van der Waals surface area contributed by atoms with Gasteiger partial charge in [-0.1, -0.05) is 20.8 Å². The monoisotopic (exact) mass is 484 g/mol. The van der Waals surface area contributed by atoms with Crippen LogP contribution in [0.15, 0.2) is 41.7 Å². The number of piperidine rings is 1. The van der Waals surface area contributed by atoms with E-state index in [2.05, 4.69) is 25.3 Å². The predicted molar refractivity (Wildman–Crippen MR) is 131 cm³/mol. The summed E-state index contributed by atoms with van der Waals surface area (Å²) in [6, 6.07) is 6.96. The summed E-state index contributed by atoms with van der Waals surface area (Å²) in [7, 11) is -3.26. The van der Waals surface area contributed by atoms with Crippen LogP contribution in [-0.4, -0.2) is 70.8 Å². The molecule has 1 saturated heterocycles. The van der Waals surface area contributed by atoms with Crippen molar-refractivity contribution in [3.8, 4) is 5.69 Å². The highest BCUT2D eigenvalue weighted by molar-refractivity contribution is 7.90. The molecule has 0 atom stereocenters. The Labute approximate surface area is 200 Å². The van der Waals surface area contributed by atoms with E-state index >= 15 is 0 Å². The van der Waals surface area contributed by atoms with Gasteiger partial charge in [0.2, 0.25) is 0 Å². The van der Waals surface area contributed by atoms with Crippen molar-refractivity contribution in [3.05, 3.63) is 42.5 Å². The molecule has 10 heteroatoms. The molecule has 0 saturated carbocycles. The third-order valence-electron chi connectivity index (χ3n) is 6.31. The van der Waals surface area contributed by atoms with E-state index in [0.29, 0.717) is 24.8 Å². The quantitative estimate of drug-likeness (QED) is 0.544. The Morgan fingerprint density at radius 3 is 2.41 bits per heavy atom. The average molecular weight is 485 g/mol. The van der Waals surface area contributed by atoms with Crippen molar-refractivity contribution in [2.75, 3.05) is 25.9 Å². The van der Waals surface area contributed by atoms with Gasteiger partial charge in [0.15, 0.2) is 21.3 Å². The summed E-state index contributed by atoms with van der Waals surface area (Å²) in [5.41, 5.74) is 1.98. The molecule has 1 N–H and O–H groups in total. The lowest BCUT2D eigenvalue weighted by Crippen LogP contribution is -2.45. The van der Waals surface area contributed by atoms with Crippen molar-refractivity contribution >= 4 is 26.7 Å². The van der Waals surface area contributed by atoms with Crippen molar-refractivity contribution in [2.45, 2.75) is 51.1 Å². The maximum absolute atomic E-state index is 12.3. The predicted octanol–water partition coefficient (Wildman–Crippen LogP) is 2.39. The number of Topliss-reactive ketones (excluding diaryl/α,β-unsaturated/α-hetero) is 1. The van der Waals surface area contributed by atoms with Crippen molar-refractivity contribution < 1.29 is 13.2 Å². The Hall–Kier alpha value is -2.69. The third-order valence-corrected chi connectivity index (χ3v) is 7.44. The number of hydrogen-bond donors (Lipinski definition) is 1. The Morgan fingerprint density at radius 1 is 1.12 bits per heavy atom. The van der Waals surface area contributed by atoms with Crippen molar-refractivity contribution in [3.63, 3.8) is 0 Å². The Bertz CT molecular complexity index is 1270. The highest BCUT2D eigenvalue weighted by Crippen LogP contribution is 2.21. The summed E-state index contributed by atoms with van der Waals surface area (Å²) >= 11 is 0. The van der Waals surface area contributed by atoms with E-state index in [0.717, 1.165) is 42.7 Å². The molecule has 0 amide bonds. The molecule has 34 heavy (non-hydrogen) atoms. The number of carbonyl (C=O) groups is 1. The molecule has 0 spiro atoms. The SMILES string of the molecule is CC(C)(C)C(=O)CN1CCC(NCc2ncnc3c2cnn3-c2ccc(S(C)(=O)=O)cc2)CC1. The van der Waals surface area contributed by atoms with Crippen LogP contribution in [0.2, 0.25) is 0 Å². The zero-order valence-corrected chi connectivity index (χ0v) is 21.0. The van der Waals surface area contributed by atoms with Gasteiger partial charge in [-0.2, -0.15) is 5.10 Å². The van der Waals surface area contributed by atoms with Gasteiger partial charge in [0.25, 0.3) is 0 Å². The molecule has 3 aromatic rings. The van der Waals surface area contributed by atoms with Crippen molar-refractivity contribution in [1.82, 2.24) is 30.0 Å². The molecule has 1 aromatic carbocycles. The number of benzene rings is 1. The van der Waals surface area contributed by atoms with Gasteiger partial charge in [-0.05, 0) is 37.1 Å². The number of likely N-dealkylation sites (tertiary alicyclic amines) is 1. The van der Waals surface area contributed by atoms with Crippen LogP contribution in [0.4, 0.5) is 0 Å². The Kier molecular flexibility index (Phi) is 6.84. The highest BCUT2D eigenvalue weighted by Gasteiger charge is 2.26.